The van der Waals surface area contributed by atoms with Crippen LogP contribution in [-0.4, -0.2) is 28.7 Å². The number of amides is 2. The van der Waals surface area contributed by atoms with Gasteiger partial charge in [0.15, 0.2) is 0 Å². The second kappa shape index (κ2) is 10.7. The highest BCUT2D eigenvalue weighted by Gasteiger charge is 2.20. The van der Waals surface area contributed by atoms with Crippen molar-refractivity contribution in [3.63, 3.8) is 0 Å². The first-order valence-electron chi connectivity index (χ1n) is 11.4. The molecule has 0 radical (unpaired) electrons. The number of hydrogen-bond acceptors (Lipinski definition) is 4. The fraction of sp³-hybridized carbons (Fsp3) is 0.179. The Morgan fingerprint density at radius 2 is 1.74 bits per heavy atom. The Kier molecular flexibility index (Phi) is 7.26. The molecule has 178 valence electrons. The Bertz CT molecular complexity index is 1310. The Morgan fingerprint density at radius 3 is 2.43 bits per heavy atom. The average Bonchev–Trinajstić information content (AvgIpc) is 3.28. The molecule has 4 rings (SSSR count). The average molecular weight is 469 g/mol. The van der Waals surface area contributed by atoms with Crippen LogP contribution >= 0.6 is 0 Å². The van der Waals surface area contributed by atoms with Crippen LogP contribution in [0.5, 0.6) is 5.75 Å². The number of carbonyl (C=O) groups is 2. The van der Waals surface area contributed by atoms with Crippen molar-refractivity contribution in [3.8, 4) is 17.0 Å². The lowest BCUT2D eigenvalue weighted by Crippen LogP contribution is -2.27. The highest BCUT2D eigenvalue weighted by atomic mass is 16.5. The Balaban J connectivity index is 1.62. The largest absolute Gasteiger partial charge is 0.497 e. The molecule has 0 aliphatic rings. The molecule has 0 saturated carbocycles. The van der Waals surface area contributed by atoms with Gasteiger partial charge in [-0.25, -0.2) is 0 Å². The molecule has 35 heavy (non-hydrogen) atoms. The normalized spacial score (nSPS) is 11.5. The van der Waals surface area contributed by atoms with Gasteiger partial charge in [0.2, 0.25) is 5.91 Å². The van der Waals surface area contributed by atoms with Gasteiger partial charge in [-0.15, -0.1) is 0 Å². The van der Waals surface area contributed by atoms with Crippen LogP contribution in [0.1, 0.15) is 41.4 Å². The van der Waals surface area contributed by atoms with Gasteiger partial charge in [-0.2, -0.15) is 5.10 Å². The van der Waals surface area contributed by atoms with Crippen LogP contribution in [0, 0.1) is 0 Å². The van der Waals surface area contributed by atoms with E-state index in [1.54, 1.807) is 18.0 Å². The monoisotopic (exact) mass is 468 g/mol. The summed E-state index contributed by atoms with van der Waals surface area (Å²) in [7, 11) is 1.62. The first-order valence-corrected chi connectivity index (χ1v) is 11.4. The molecule has 0 saturated heterocycles. The Labute approximate surface area is 204 Å². The number of nitrogens with zero attached hydrogens (tertiary/aromatic N) is 2. The zero-order chi connectivity index (χ0) is 24.8. The van der Waals surface area contributed by atoms with E-state index >= 15 is 0 Å². The van der Waals surface area contributed by atoms with Crippen LogP contribution in [0.2, 0.25) is 0 Å². The summed E-state index contributed by atoms with van der Waals surface area (Å²) in [4.78, 5) is 24.8. The van der Waals surface area contributed by atoms with E-state index < -0.39 is 0 Å². The van der Waals surface area contributed by atoms with E-state index in [-0.39, 0.29) is 17.9 Å². The summed E-state index contributed by atoms with van der Waals surface area (Å²) in [6.45, 7) is 3.92. The number of benzene rings is 3. The number of anilines is 1. The third-order valence-electron chi connectivity index (χ3n) is 5.61. The van der Waals surface area contributed by atoms with Crippen molar-refractivity contribution in [2.45, 2.75) is 26.4 Å². The Hall–Kier alpha value is -4.39. The zero-order valence-electron chi connectivity index (χ0n) is 20.0. The predicted molar refractivity (Wildman–Crippen MR) is 136 cm³/mol. The topological polar surface area (TPSA) is 85.2 Å². The number of aromatic nitrogens is 2. The lowest BCUT2D eigenvalue weighted by atomic mass is 10.1. The number of methoxy groups -OCH3 is 1. The van der Waals surface area contributed by atoms with Gasteiger partial charge in [-0.05, 0) is 54.4 Å². The maximum absolute atomic E-state index is 13.4. The van der Waals surface area contributed by atoms with Gasteiger partial charge in [0.25, 0.3) is 5.91 Å². The standard InChI is InChI=1S/C28H28N4O3/c1-19(23-10-7-11-24(16-23)30-20(2)33)29-28(34)26-18-32(17-21-8-5-4-6-9-21)31-27(26)22-12-14-25(35-3)15-13-22/h4-16,18-19H,17H2,1-3H3,(H,29,34)(H,30,33). The van der Waals surface area contributed by atoms with Crippen molar-refractivity contribution < 1.29 is 14.3 Å². The van der Waals surface area contributed by atoms with Crippen molar-refractivity contribution in [2.24, 2.45) is 0 Å². The molecule has 0 aliphatic heterocycles. The van der Waals surface area contributed by atoms with E-state index in [9.17, 15) is 9.59 Å². The van der Waals surface area contributed by atoms with Crippen LogP contribution in [-0.2, 0) is 11.3 Å². The lowest BCUT2D eigenvalue weighted by Gasteiger charge is -2.15. The molecule has 2 N–H and O–H groups in total. The molecule has 7 heteroatoms. The van der Waals surface area contributed by atoms with Gasteiger partial charge < -0.3 is 15.4 Å². The first kappa shape index (κ1) is 23.8. The molecule has 3 aromatic carbocycles. The third-order valence-corrected chi connectivity index (χ3v) is 5.61. The zero-order valence-corrected chi connectivity index (χ0v) is 20.0. The van der Waals surface area contributed by atoms with E-state index in [0.29, 0.717) is 23.5 Å². The summed E-state index contributed by atoms with van der Waals surface area (Å²) in [6.07, 6.45) is 1.78. The smallest absolute Gasteiger partial charge is 0.255 e. The van der Waals surface area contributed by atoms with Crippen LogP contribution < -0.4 is 15.4 Å². The third kappa shape index (κ3) is 5.95. The fourth-order valence-electron chi connectivity index (χ4n) is 3.85. The van der Waals surface area contributed by atoms with E-state index in [2.05, 4.69) is 10.6 Å². The molecule has 2 amide bonds. The predicted octanol–water partition coefficient (Wildman–Crippen LogP) is 5.06. The molecule has 1 heterocycles. The molecule has 7 nitrogen and oxygen atoms in total. The van der Waals surface area contributed by atoms with Gasteiger partial charge >= 0.3 is 0 Å². The molecule has 0 bridgehead atoms. The summed E-state index contributed by atoms with van der Waals surface area (Å²) in [5, 5.41) is 10.6. The van der Waals surface area contributed by atoms with E-state index in [1.165, 1.54) is 6.92 Å². The molecule has 0 aliphatic carbocycles. The number of nitrogens with one attached hydrogen (secondary N) is 2. The molecule has 0 fully saturated rings. The second-order valence-electron chi connectivity index (χ2n) is 8.30. The molecule has 4 aromatic rings. The summed E-state index contributed by atoms with van der Waals surface area (Å²) in [6, 6.07) is 24.6. The number of rotatable bonds is 8. The van der Waals surface area contributed by atoms with Gasteiger partial charge in [0.1, 0.15) is 11.4 Å². The summed E-state index contributed by atoms with van der Waals surface area (Å²) in [5.74, 6) is 0.359. The van der Waals surface area contributed by atoms with Crippen LogP contribution in [0.25, 0.3) is 11.3 Å². The molecule has 1 aromatic heterocycles. The maximum atomic E-state index is 13.4. The van der Waals surface area contributed by atoms with E-state index in [4.69, 9.17) is 9.84 Å². The van der Waals surface area contributed by atoms with Crippen molar-refractivity contribution in [1.82, 2.24) is 15.1 Å². The van der Waals surface area contributed by atoms with Gasteiger partial charge in [-0.3, -0.25) is 14.3 Å². The SMILES string of the molecule is COc1ccc(-c2nn(Cc3ccccc3)cc2C(=O)NC(C)c2cccc(NC(C)=O)c2)cc1. The molecule has 1 unspecified atom stereocenters. The van der Waals surface area contributed by atoms with Crippen LogP contribution in [0.3, 0.4) is 0 Å². The molecular formula is C28H28N4O3. The van der Waals surface area contributed by atoms with E-state index in [0.717, 1.165) is 22.4 Å². The minimum Gasteiger partial charge on any atom is -0.497 e. The molecular weight excluding hydrogens is 440 g/mol. The highest BCUT2D eigenvalue weighted by Crippen LogP contribution is 2.26. The molecule has 0 spiro atoms. The Morgan fingerprint density at radius 1 is 1.00 bits per heavy atom. The van der Waals surface area contributed by atoms with Crippen LogP contribution in [0.15, 0.2) is 85.1 Å². The minimum absolute atomic E-state index is 0.145. The summed E-state index contributed by atoms with van der Waals surface area (Å²) >= 11 is 0. The van der Waals surface area contributed by atoms with Gasteiger partial charge in [0, 0.05) is 24.4 Å². The molecule has 1 atom stereocenters. The van der Waals surface area contributed by atoms with Crippen molar-refractivity contribution in [3.05, 3.63) is 102 Å². The van der Waals surface area contributed by atoms with Crippen molar-refractivity contribution in [2.75, 3.05) is 12.4 Å². The number of carbonyl (C=O) groups excluding carboxylic acids is 2. The minimum atomic E-state index is -0.280. The van der Waals surface area contributed by atoms with E-state index in [1.807, 2.05) is 85.8 Å². The van der Waals surface area contributed by atoms with Crippen molar-refractivity contribution in [1.29, 1.82) is 0 Å². The quantitative estimate of drug-likeness (QED) is 0.379. The number of hydrogen-bond donors (Lipinski definition) is 2. The highest BCUT2D eigenvalue weighted by molar-refractivity contribution is 6.00. The maximum Gasteiger partial charge on any atom is 0.255 e. The van der Waals surface area contributed by atoms with Crippen LogP contribution in [0.4, 0.5) is 5.69 Å². The summed E-state index contributed by atoms with van der Waals surface area (Å²) in [5.41, 5.74) is 4.56. The fourth-order valence-corrected chi connectivity index (χ4v) is 3.85. The number of ether oxygens (including phenoxy) is 1. The second-order valence-corrected chi connectivity index (χ2v) is 8.30. The summed E-state index contributed by atoms with van der Waals surface area (Å²) < 4.78 is 7.05. The lowest BCUT2D eigenvalue weighted by molar-refractivity contribution is -0.114. The van der Waals surface area contributed by atoms with Gasteiger partial charge in [0.05, 0.1) is 25.3 Å². The first-order chi connectivity index (χ1) is 16.9. The van der Waals surface area contributed by atoms with Crippen molar-refractivity contribution >= 4 is 17.5 Å². The van der Waals surface area contributed by atoms with Gasteiger partial charge in [-0.1, -0.05) is 42.5 Å².